The minimum Gasteiger partial charge on any atom is -0.480 e. The maximum absolute atomic E-state index is 14.3. The van der Waals surface area contributed by atoms with Gasteiger partial charge in [0.2, 0.25) is 0 Å². The number of carbonyl (C=O) groups excluding carboxylic acids is 1. The van der Waals surface area contributed by atoms with Gasteiger partial charge in [0, 0.05) is 23.1 Å². The molecule has 2 aliphatic rings. The maximum Gasteiger partial charge on any atom is 0.174 e. The first kappa shape index (κ1) is 20.4. The van der Waals surface area contributed by atoms with Gasteiger partial charge in [-0.1, -0.05) is 116 Å². The summed E-state index contributed by atoms with van der Waals surface area (Å²) in [7, 11) is 0. The van der Waals surface area contributed by atoms with Gasteiger partial charge in [-0.25, -0.2) is 0 Å². The second kappa shape index (κ2) is 8.00. The minimum atomic E-state index is -0.894. The topological polar surface area (TPSA) is 26.3 Å². The van der Waals surface area contributed by atoms with Crippen LogP contribution < -0.4 is 0 Å². The normalized spacial score (nSPS) is 20.6. The second-order valence-corrected chi connectivity index (χ2v) is 8.98. The van der Waals surface area contributed by atoms with Crippen LogP contribution in [-0.2, 0) is 10.3 Å². The summed E-state index contributed by atoms with van der Waals surface area (Å²) in [5.41, 5.74) is 5.88. The Bertz CT molecular complexity index is 1430. The first-order valence-electron chi connectivity index (χ1n) is 11.6. The average Bonchev–Trinajstić information content (AvgIpc) is 2.90. The van der Waals surface area contributed by atoms with Crippen molar-refractivity contribution in [2.45, 2.75) is 17.9 Å². The number of hydrogen-bond acceptors (Lipinski definition) is 2. The highest BCUT2D eigenvalue weighted by molar-refractivity contribution is 6.04. The third kappa shape index (κ3) is 3.14. The van der Waals surface area contributed by atoms with E-state index in [9.17, 15) is 4.79 Å². The fourth-order valence-electron chi connectivity index (χ4n) is 5.48. The number of benzene rings is 4. The molecule has 0 bridgehead atoms. The monoisotopic (exact) mass is 440 g/mol. The van der Waals surface area contributed by atoms with E-state index in [-0.39, 0.29) is 5.78 Å². The molecule has 0 saturated heterocycles. The number of carbonyl (C=O) groups is 1. The smallest absolute Gasteiger partial charge is 0.174 e. The van der Waals surface area contributed by atoms with Gasteiger partial charge in [0.25, 0.3) is 0 Å². The number of ether oxygens (including phenoxy) is 1. The molecule has 164 valence electrons. The van der Waals surface area contributed by atoms with Crippen molar-refractivity contribution < 1.29 is 9.53 Å². The summed E-state index contributed by atoms with van der Waals surface area (Å²) in [6.45, 7) is 4.43. The van der Waals surface area contributed by atoms with Crippen molar-refractivity contribution in [2.75, 3.05) is 0 Å². The summed E-state index contributed by atoms with van der Waals surface area (Å²) in [5.74, 6) is 0.326. The average molecular weight is 441 g/mol. The lowest BCUT2D eigenvalue weighted by molar-refractivity contribution is 0.00970. The largest absolute Gasteiger partial charge is 0.480 e. The molecule has 2 nitrogen and oxygen atoms in total. The Morgan fingerprint density at radius 2 is 1.44 bits per heavy atom. The Hall–Kier alpha value is -4.17. The molecule has 0 N–H and O–H groups in total. The van der Waals surface area contributed by atoms with Crippen LogP contribution in [0.15, 0.2) is 116 Å². The van der Waals surface area contributed by atoms with E-state index in [1.54, 1.807) is 0 Å². The zero-order chi connectivity index (χ0) is 23.1. The van der Waals surface area contributed by atoms with E-state index in [1.807, 2.05) is 84.9 Å². The summed E-state index contributed by atoms with van der Waals surface area (Å²) >= 11 is 0. The van der Waals surface area contributed by atoms with Crippen molar-refractivity contribution >= 4 is 23.2 Å². The van der Waals surface area contributed by atoms with E-state index in [1.165, 1.54) is 0 Å². The van der Waals surface area contributed by atoms with Crippen LogP contribution in [0.2, 0.25) is 0 Å². The third-order valence-corrected chi connectivity index (χ3v) is 6.97. The van der Waals surface area contributed by atoms with Gasteiger partial charge in [0.1, 0.15) is 5.76 Å². The number of rotatable bonds is 3. The van der Waals surface area contributed by atoms with Gasteiger partial charge in [-0.15, -0.1) is 0 Å². The lowest BCUT2D eigenvalue weighted by atomic mass is 9.63. The summed E-state index contributed by atoms with van der Waals surface area (Å²) in [6, 6.07) is 36.1. The number of Topliss-reactive ketones (excluding diaryl/α,β-unsaturated/α-hetero) is 1. The highest BCUT2D eigenvalue weighted by Crippen LogP contribution is 2.57. The summed E-state index contributed by atoms with van der Waals surface area (Å²) in [6.07, 6.45) is 2.62. The summed E-state index contributed by atoms with van der Waals surface area (Å²) < 4.78 is 6.99. The third-order valence-electron chi connectivity index (χ3n) is 6.97. The molecule has 2 atom stereocenters. The van der Waals surface area contributed by atoms with Crippen molar-refractivity contribution in [3.05, 3.63) is 149 Å². The van der Waals surface area contributed by atoms with E-state index in [2.05, 4.69) is 36.9 Å². The second-order valence-electron chi connectivity index (χ2n) is 8.98. The van der Waals surface area contributed by atoms with Gasteiger partial charge in [0.15, 0.2) is 11.4 Å². The van der Waals surface area contributed by atoms with Crippen molar-refractivity contribution in [1.82, 2.24) is 0 Å². The molecule has 0 saturated carbocycles. The Morgan fingerprint density at radius 3 is 2.24 bits per heavy atom. The lowest BCUT2D eigenvalue weighted by Gasteiger charge is -2.48. The summed E-state index contributed by atoms with van der Waals surface area (Å²) in [4.78, 5) is 14.3. The molecule has 1 heterocycles. The molecule has 34 heavy (non-hydrogen) atoms. The SMILES string of the molecule is C=C1CC2(OC(c3ccccc3)=Cc3ccccc32)C(C(=O)c2ccccc2)c2ccccc21. The molecule has 2 unspecified atom stereocenters. The molecule has 0 fully saturated rings. The molecule has 1 aliphatic heterocycles. The standard InChI is InChI=1S/C32H24O2/c1-22-21-32(28-19-11-8-16-25(28)20-29(34-32)23-12-4-2-5-13-23)30(27-18-10-9-17-26(22)27)31(33)24-14-6-3-7-15-24/h2-20,30H,1,21H2. The molecular formula is C32H24O2. The Kier molecular flexibility index (Phi) is 4.81. The Balaban J connectivity index is 1.62. The zero-order valence-electron chi connectivity index (χ0n) is 18.8. The number of ketones is 1. The molecule has 4 aromatic carbocycles. The highest BCUT2D eigenvalue weighted by Gasteiger charge is 2.53. The Labute approximate surface area is 199 Å². The molecule has 4 aromatic rings. The van der Waals surface area contributed by atoms with Crippen LogP contribution in [0.1, 0.15) is 50.5 Å². The van der Waals surface area contributed by atoms with Crippen molar-refractivity contribution in [2.24, 2.45) is 0 Å². The fraction of sp³-hybridized carbons (Fsp3) is 0.0938. The van der Waals surface area contributed by atoms with E-state index < -0.39 is 11.5 Å². The first-order chi connectivity index (χ1) is 16.7. The molecule has 0 radical (unpaired) electrons. The maximum atomic E-state index is 14.3. The van der Waals surface area contributed by atoms with Gasteiger partial charge in [0.05, 0.1) is 5.92 Å². The molecule has 6 rings (SSSR count). The Morgan fingerprint density at radius 1 is 0.794 bits per heavy atom. The number of fused-ring (bicyclic) bond motifs is 3. The molecule has 0 aromatic heterocycles. The van der Waals surface area contributed by atoms with Crippen molar-refractivity contribution in [3.8, 4) is 0 Å². The molecule has 2 heteroatoms. The summed E-state index contributed by atoms with van der Waals surface area (Å²) in [5, 5.41) is 0. The van der Waals surface area contributed by atoms with Gasteiger partial charge < -0.3 is 4.74 Å². The molecular weight excluding hydrogens is 416 g/mol. The van der Waals surface area contributed by atoms with Crippen LogP contribution in [0.4, 0.5) is 0 Å². The van der Waals surface area contributed by atoms with E-state index in [0.29, 0.717) is 12.0 Å². The van der Waals surface area contributed by atoms with Crippen LogP contribution in [-0.4, -0.2) is 5.78 Å². The van der Waals surface area contributed by atoms with Gasteiger partial charge in [-0.3, -0.25) is 4.79 Å². The van der Waals surface area contributed by atoms with Gasteiger partial charge in [-0.05, 0) is 28.3 Å². The molecule has 1 spiro atoms. The molecule has 1 aliphatic carbocycles. The van der Waals surface area contributed by atoms with Crippen LogP contribution in [0.25, 0.3) is 17.4 Å². The zero-order valence-corrected chi connectivity index (χ0v) is 18.8. The van der Waals surface area contributed by atoms with Gasteiger partial charge >= 0.3 is 0 Å². The molecule has 0 amide bonds. The number of hydrogen-bond donors (Lipinski definition) is 0. The fourth-order valence-corrected chi connectivity index (χ4v) is 5.48. The van der Waals surface area contributed by atoms with Gasteiger partial charge in [-0.2, -0.15) is 0 Å². The quantitative estimate of drug-likeness (QED) is 0.308. The minimum absolute atomic E-state index is 0.0599. The predicted molar refractivity (Wildman–Crippen MR) is 137 cm³/mol. The van der Waals surface area contributed by atoms with Crippen molar-refractivity contribution in [1.29, 1.82) is 0 Å². The van der Waals surface area contributed by atoms with E-state index in [4.69, 9.17) is 4.74 Å². The van der Waals surface area contributed by atoms with Crippen LogP contribution in [0.5, 0.6) is 0 Å². The van der Waals surface area contributed by atoms with Crippen LogP contribution in [0.3, 0.4) is 0 Å². The van der Waals surface area contributed by atoms with E-state index >= 15 is 0 Å². The van der Waals surface area contributed by atoms with Crippen LogP contribution >= 0.6 is 0 Å². The van der Waals surface area contributed by atoms with Crippen LogP contribution in [0, 0.1) is 0 Å². The highest BCUT2D eigenvalue weighted by atomic mass is 16.5. The first-order valence-corrected chi connectivity index (χ1v) is 11.6. The van der Waals surface area contributed by atoms with E-state index in [0.717, 1.165) is 39.1 Å². The predicted octanol–water partition coefficient (Wildman–Crippen LogP) is 7.49. The lowest BCUT2D eigenvalue weighted by Crippen LogP contribution is -2.45. The van der Waals surface area contributed by atoms with Crippen molar-refractivity contribution in [3.63, 3.8) is 0 Å².